The number of ether oxygens (including phenoxy) is 1. The molecular weight excluding hydrogens is 216 g/mol. The van der Waals surface area contributed by atoms with E-state index in [1.807, 2.05) is 0 Å². The van der Waals surface area contributed by atoms with Gasteiger partial charge in [0.25, 0.3) is 0 Å². The van der Waals surface area contributed by atoms with E-state index in [1.165, 1.54) is 51.4 Å². The lowest BCUT2D eigenvalue weighted by atomic mass is 9.90. The van der Waals surface area contributed by atoms with Gasteiger partial charge in [-0.15, -0.1) is 0 Å². The van der Waals surface area contributed by atoms with Crippen LogP contribution in [0, 0.1) is 11.8 Å². The molecule has 4 rings (SSSR count). The zero-order valence-electron chi connectivity index (χ0n) is 10.3. The van der Waals surface area contributed by atoms with E-state index in [1.54, 1.807) is 0 Å². The first-order chi connectivity index (χ1) is 8.43. The second kappa shape index (κ2) is 4.22. The monoisotopic (exact) mass is 238 g/mol. The van der Waals surface area contributed by atoms with Crippen LogP contribution in [-0.2, 0) is 14.5 Å². The number of hydrogen-bond acceptors (Lipinski definition) is 3. The molecule has 4 aliphatic rings. The van der Waals surface area contributed by atoms with Gasteiger partial charge in [0.2, 0.25) is 0 Å². The summed E-state index contributed by atoms with van der Waals surface area (Å²) in [5, 5.41) is 0. The molecule has 96 valence electrons. The van der Waals surface area contributed by atoms with Gasteiger partial charge in [-0.25, -0.2) is 9.78 Å². The minimum absolute atomic E-state index is 0.236. The second-order valence-electron chi connectivity index (χ2n) is 6.28. The average Bonchev–Trinajstić information content (AvgIpc) is 2.84. The molecular formula is C14H22O3. The molecule has 0 spiro atoms. The summed E-state index contributed by atoms with van der Waals surface area (Å²) in [6.45, 7) is 0. The van der Waals surface area contributed by atoms with Crippen LogP contribution < -0.4 is 0 Å². The van der Waals surface area contributed by atoms with Gasteiger partial charge in [0.15, 0.2) is 0 Å². The molecule has 0 aromatic carbocycles. The molecule has 0 bridgehead atoms. The summed E-state index contributed by atoms with van der Waals surface area (Å²) < 4.78 is 5.88. The molecule has 0 N–H and O–H groups in total. The third-order valence-electron chi connectivity index (χ3n) is 5.22. The molecule has 2 heterocycles. The Morgan fingerprint density at radius 1 is 0.529 bits per heavy atom. The van der Waals surface area contributed by atoms with Crippen LogP contribution in [0.4, 0.5) is 0 Å². The van der Waals surface area contributed by atoms with Crippen molar-refractivity contribution in [3.05, 3.63) is 0 Å². The predicted molar refractivity (Wildman–Crippen MR) is 62.3 cm³/mol. The highest BCUT2D eigenvalue weighted by atomic mass is 17.2. The molecule has 3 heteroatoms. The Balaban J connectivity index is 1.40. The number of rotatable bonds is 2. The molecule has 0 unspecified atom stereocenters. The molecule has 17 heavy (non-hydrogen) atoms. The van der Waals surface area contributed by atoms with E-state index < -0.39 is 0 Å². The summed E-state index contributed by atoms with van der Waals surface area (Å²) in [4.78, 5) is 11.4. The molecule has 2 aliphatic heterocycles. The van der Waals surface area contributed by atoms with Gasteiger partial charge in [-0.3, -0.25) is 0 Å². The molecule has 4 fully saturated rings. The van der Waals surface area contributed by atoms with E-state index in [4.69, 9.17) is 14.5 Å². The van der Waals surface area contributed by atoms with Crippen molar-refractivity contribution < 1.29 is 14.5 Å². The summed E-state index contributed by atoms with van der Waals surface area (Å²) in [7, 11) is 0. The molecule has 0 aromatic heterocycles. The lowest BCUT2D eigenvalue weighted by Crippen LogP contribution is -2.42. The van der Waals surface area contributed by atoms with Gasteiger partial charge in [-0.2, -0.15) is 0 Å². The largest absolute Gasteiger partial charge is 0.364 e. The van der Waals surface area contributed by atoms with Crippen LogP contribution in [0.1, 0.15) is 51.4 Å². The van der Waals surface area contributed by atoms with Crippen molar-refractivity contribution in [2.24, 2.45) is 11.8 Å². The van der Waals surface area contributed by atoms with Crippen LogP contribution in [-0.4, -0.2) is 24.4 Å². The number of fused-ring (bicyclic) bond motifs is 1. The van der Waals surface area contributed by atoms with Crippen LogP contribution in [0.5, 0.6) is 0 Å². The highest BCUT2D eigenvalue weighted by Crippen LogP contribution is 2.47. The molecule has 2 saturated heterocycles. The summed E-state index contributed by atoms with van der Waals surface area (Å²) in [6.07, 6.45) is 11.8. The molecule has 2 aliphatic carbocycles. The van der Waals surface area contributed by atoms with Crippen molar-refractivity contribution in [3.63, 3.8) is 0 Å². The Kier molecular flexibility index (Phi) is 2.67. The summed E-state index contributed by atoms with van der Waals surface area (Å²) in [5.41, 5.74) is 0. The average molecular weight is 238 g/mol. The van der Waals surface area contributed by atoms with Crippen molar-refractivity contribution in [1.82, 2.24) is 0 Å². The van der Waals surface area contributed by atoms with Gasteiger partial charge in [-0.1, -0.05) is 25.7 Å². The Morgan fingerprint density at radius 3 is 1.35 bits per heavy atom. The zero-order chi connectivity index (χ0) is 11.2. The van der Waals surface area contributed by atoms with Gasteiger partial charge >= 0.3 is 0 Å². The van der Waals surface area contributed by atoms with Crippen molar-refractivity contribution in [2.45, 2.75) is 75.8 Å². The first-order valence-electron chi connectivity index (χ1n) is 7.41. The SMILES string of the molecule is C1CCC([C@H]2OO[C@@H](C3CCCC3)[C@H]3O[C@H]32)C1. The summed E-state index contributed by atoms with van der Waals surface area (Å²) >= 11 is 0. The lowest BCUT2D eigenvalue weighted by Gasteiger charge is -2.30. The van der Waals surface area contributed by atoms with Crippen LogP contribution in [0.3, 0.4) is 0 Å². The molecule has 3 nitrogen and oxygen atoms in total. The maximum absolute atomic E-state index is 5.88. The van der Waals surface area contributed by atoms with E-state index in [-0.39, 0.29) is 12.2 Å². The fourth-order valence-corrected chi connectivity index (χ4v) is 4.17. The molecule has 0 amide bonds. The van der Waals surface area contributed by atoms with Crippen LogP contribution in [0.2, 0.25) is 0 Å². The van der Waals surface area contributed by atoms with Crippen LogP contribution in [0.15, 0.2) is 0 Å². The molecule has 2 saturated carbocycles. The van der Waals surface area contributed by atoms with Crippen molar-refractivity contribution >= 4 is 0 Å². The molecule has 4 atom stereocenters. The fourth-order valence-electron chi connectivity index (χ4n) is 4.17. The molecule has 0 radical (unpaired) electrons. The zero-order valence-corrected chi connectivity index (χ0v) is 10.3. The van der Waals surface area contributed by atoms with E-state index in [0.717, 1.165) is 0 Å². The Bertz CT molecular complexity index is 253. The lowest BCUT2D eigenvalue weighted by molar-refractivity contribution is -0.379. The maximum atomic E-state index is 5.88. The standard InChI is InChI=1S/C14H22O3/c1-2-6-9(5-1)11-13-14(15-13)12(17-16-11)10-7-3-4-8-10/h9-14H,1-8H2/t11-,12+,13+,14-. The summed E-state index contributed by atoms with van der Waals surface area (Å²) in [6, 6.07) is 0. The van der Waals surface area contributed by atoms with E-state index in [9.17, 15) is 0 Å². The Hall–Kier alpha value is -0.120. The fraction of sp³-hybridized carbons (Fsp3) is 1.00. The van der Waals surface area contributed by atoms with E-state index in [0.29, 0.717) is 24.0 Å². The normalized spacial score (nSPS) is 47.3. The third-order valence-corrected chi connectivity index (χ3v) is 5.22. The van der Waals surface area contributed by atoms with Gasteiger partial charge in [0.05, 0.1) is 0 Å². The highest BCUT2D eigenvalue weighted by molar-refractivity contribution is 5.03. The van der Waals surface area contributed by atoms with Gasteiger partial charge in [-0.05, 0) is 37.5 Å². The Labute approximate surface area is 103 Å². The quantitative estimate of drug-likeness (QED) is 0.547. The minimum Gasteiger partial charge on any atom is -0.364 e. The van der Waals surface area contributed by atoms with Crippen LogP contribution in [0.25, 0.3) is 0 Å². The second-order valence-corrected chi connectivity index (χ2v) is 6.28. The topological polar surface area (TPSA) is 31.0 Å². The third kappa shape index (κ3) is 1.83. The number of epoxide rings is 1. The molecule has 0 aromatic rings. The Morgan fingerprint density at radius 2 is 0.941 bits per heavy atom. The van der Waals surface area contributed by atoms with Crippen molar-refractivity contribution in [3.8, 4) is 0 Å². The minimum atomic E-state index is 0.236. The van der Waals surface area contributed by atoms with Crippen molar-refractivity contribution in [2.75, 3.05) is 0 Å². The van der Waals surface area contributed by atoms with E-state index >= 15 is 0 Å². The van der Waals surface area contributed by atoms with Crippen molar-refractivity contribution in [1.29, 1.82) is 0 Å². The number of hydrogen-bond donors (Lipinski definition) is 0. The maximum Gasteiger partial charge on any atom is 0.124 e. The van der Waals surface area contributed by atoms with Crippen LogP contribution >= 0.6 is 0 Å². The van der Waals surface area contributed by atoms with Gasteiger partial charge in [0, 0.05) is 0 Å². The summed E-state index contributed by atoms with van der Waals surface area (Å²) in [5.74, 6) is 1.38. The predicted octanol–water partition coefficient (Wildman–Crippen LogP) is 2.83. The smallest absolute Gasteiger partial charge is 0.124 e. The van der Waals surface area contributed by atoms with E-state index in [2.05, 4.69) is 0 Å². The first kappa shape index (κ1) is 10.8. The highest BCUT2D eigenvalue weighted by Gasteiger charge is 2.59. The van der Waals surface area contributed by atoms with Gasteiger partial charge in [0.1, 0.15) is 24.4 Å². The first-order valence-corrected chi connectivity index (χ1v) is 7.41. The van der Waals surface area contributed by atoms with Gasteiger partial charge < -0.3 is 4.74 Å².